The molecule has 0 atom stereocenters. The molecule has 0 saturated heterocycles. The molecule has 0 aliphatic rings. The van der Waals surface area contributed by atoms with E-state index in [2.05, 4.69) is 79.4 Å². The molecule has 0 N–H and O–H groups in total. The van der Waals surface area contributed by atoms with Crippen LogP contribution in [0.5, 0.6) is 0 Å². The first-order chi connectivity index (χ1) is 8.61. The van der Waals surface area contributed by atoms with Gasteiger partial charge >= 0.3 is 96.1 Å². The van der Waals surface area contributed by atoms with Crippen LogP contribution in [0.2, 0.25) is 0 Å². The first-order valence-corrected chi connectivity index (χ1v) is 9.56. The van der Waals surface area contributed by atoms with Crippen LogP contribution in [-0.2, 0) is 18.7 Å². The maximum absolute atomic E-state index is 5.04. The van der Waals surface area contributed by atoms with Gasteiger partial charge in [0.25, 0.3) is 0 Å². The van der Waals surface area contributed by atoms with Crippen LogP contribution in [0, 0.1) is 0 Å². The van der Waals surface area contributed by atoms with Gasteiger partial charge in [-0.15, -0.1) is 23.2 Å². The van der Waals surface area contributed by atoms with Gasteiger partial charge in [-0.2, -0.15) is 0 Å². The SMILES string of the molecule is CC(Cl)Cl.[Pd][P](c1ccccc1)c1ccccc1. The van der Waals surface area contributed by atoms with Gasteiger partial charge < -0.3 is 0 Å². The number of hydrogen-bond acceptors (Lipinski definition) is 0. The van der Waals surface area contributed by atoms with Crippen molar-refractivity contribution in [1.82, 2.24) is 0 Å². The average Bonchev–Trinajstić information content (AvgIpc) is 2.39. The van der Waals surface area contributed by atoms with Crippen LogP contribution in [-0.4, -0.2) is 4.84 Å². The molecule has 18 heavy (non-hydrogen) atoms. The van der Waals surface area contributed by atoms with Crippen LogP contribution in [0.15, 0.2) is 60.7 Å². The van der Waals surface area contributed by atoms with Gasteiger partial charge in [-0.1, -0.05) is 0 Å². The molecule has 2 aromatic rings. The Morgan fingerprint density at radius 1 is 0.833 bits per heavy atom. The molecule has 2 aromatic carbocycles. The zero-order valence-corrected chi connectivity index (χ0v) is 13.8. The third-order valence-electron chi connectivity index (χ3n) is 1.93. The van der Waals surface area contributed by atoms with E-state index >= 15 is 0 Å². The maximum atomic E-state index is 5.04. The molecule has 0 unspecified atom stereocenters. The van der Waals surface area contributed by atoms with E-state index in [0.717, 1.165) is 0 Å². The monoisotopic (exact) mass is 389 g/mol. The fraction of sp³-hybridized carbons (Fsp3) is 0.143. The second-order valence-electron chi connectivity index (χ2n) is 3.44. The van der Waals surface area contributed by atoms with Gasteiger partial charge in [0.05, 0.1) is 0 Å². The summed E-state index contributed by atoms with van der Waals surface area (Å²) < 4.78 is 0. The summed E-state index contributed by atoms with van der Waals surface area (Å²) in [7, 11) is 0. The molecule has 0 radical (unpaired) electrons. The molecule has 0 heterocycles. The van der Waals surface area contributed by atoms with Crippen molar-refractivity contribution in [2.45, 2.75) is 11.8 Å². The van der Waals surface area contributed by atoms with E-state index in [9.17, 15) is 0 Å². The number of halogens is 2. The number of benzene rings is 2. The van der Waals surface area contributed by atoms with Crippen molar-refractivity contribution in [1.29, 1.82) is 0 Å². The normalized spacial score (nSPS) is 10.2. The fourth-order valence-corrected chi connectivity index (χ4v) is 3.77. The summed E-state index contributed by atoms with van der Waals surface area (Å²) in [5, 5.41) is 2.74. The molecular formula is C14H14Cl2PPd. The molecule has 99 valence electrons. The van der Waals surface area contributed by atoms with E-state index in [1.807, 2.05) is 0 Å². The number of rotatable bonds is 2. The second kappa shape index (κ2) is 9.09. The quantitative estimate of drug-likeness (QED) is 0.405. The minimum absolute atomic E-state index is 0.222. The zero-order chi connectivity index (χ0) is 13.4. The summed E-state index contributed by atoms with van der Waals surface area (Å²) in [5.41, 5.74) is 0. The second-order valence-corrected chi connectivity index (χ2v) is 8.60. The predicted octanol–water partition coefficient (Wildman–Crippen LogP) is 4.39. The van der Waals surface area contributed by atoms with E-state index in [1.165, 1.54) is 10.6 Å². The van der Waals surface area contributed by atoms with Crippen LogP contribution in [0.25, 0.3) is 0 Å². The van der Waals surface area contributed by atoms with Crippen LogP contribution in [0.3, 0.4) is 0 Å². The Hall–Kier alpha value is 0.112. The van der Waals surface area contributed by atoms with Gasteiger partial charge in [-0.3, -0.25) is 0 Å². The van der Waals surface area contributed by atoms with Crippen molar-refractivity contribution < 1.29 is 18.7 Å². The first kappa shape index (κ1) is 16.2. The topological polar surface area (TPSA) is 0 Å². The molecule has 0 aromatic heterocycles. The van der Waals surface area contributed by atoms with E-state index in [-0.39, 0.29) is 10.9 Å². The molecule has 0 fully saturated rings. The Balaban J connectivity index is 0.000000357. The Bertz CT molecular complexity index is 392. The van der Waals surface area contributed by atoms with Gasteiger partial charge in [0.2, 0.25) is 0 Å². The van der Waals surface area contributed by atoms with Crippen molar-refractivity contribution >= 4 is 39.9 Å². The fourth-order valence-electron chi connectivity index (χ4n) is 1.25. The summed E-state index contributed by atoms with van der Waals surface area (Å²) in [6.45, 7) is 1.70. The van der Waals surface area contributed by atoms with Crippen molar-refractivity contribution in [2.24, 2.45) is 0 Å². The van der Waals surface area contributed by atoms with Gasteiger partial charge in [0.1, 0.15) is 4.84 Å². The Labute approximate surface area is 130 Å². The van der Waals surface area contributed by atoms with Gasteiger partial charge in [-0.05, 0) is 6.92 Å². The van der Waals surface area contributed by atoms with Crippen molar-refractivity contribution in [3.05, 3.63) is 60.7 Å². The standard InChI is InChI=1S/C12H10P.C2H4Cl2.Pd/c1-3-7-11(8-4-1)13-12-9-5-2-6-10-12;1-2(3)4;/h1-10H;2H,1H3;/q-1;;+1. The summed E-state index contributed by atoms with van der Waals surface area (Å²) in [5.74, 6) is 0. The third kappa shape index (κ3) is 6.33. The number of hydrogen-bond donors (Lipinski definition) is 0. The third-order valence-corrected chi connectivity index (χ3v) is 5.78. The average molecular weight is 391 g/mol. The molecule has 0 aliphatic heterocycles. The van der Waals surface area contributed by atoms with Crippen molar-refractivity contribution in [3.63, 3.8) is 0 Å². The first-order valence-electron chi connectivity index (χ1n) is 5.42. The Kier molecular flexibility index (Phi) is 8.16. The summed E-state index contributed by atoms with van der Waals surface area (Å²) >= 11 is 13.5. The molecule has 2 rings (SSSR count). The molecule has 0 spiro atoms. The van der Waals surface area contributed by atoms with Crippen LogP contribution in [0.1, 0.15) is 6.92 Å². The minimum atomic E-state index is -0.321. The van der Waals surface area contributed by atoms with E-state index < -0.39 is 0 Å². The van der Waals surface area contributed by atoms with Gasteiger partial charge in [0, 0.05) is 0 Å². The van der Waals surface area contributed by atoms with Crippen LogP contribution < -0.4 is 10.6 Å². The summed E-state index contributed by atoms with van der Waals surface area (Å²) in [6, 6.07) is 21.1. The zero-order valence-electron chi connectivity index (χ0n) is 9.87. The summed E-state index contributed by atoms with van der Waals surface area (Å²) in [6.07, 6.45) is -0.321. The molecule has 0 bridgehead atoms. The molecule has 0 nitrogen and oxygen atoms in total. The van der Waals surface area contributed by atoms with E-state index in [0.29, 0.717) is 0 Å². The number of alkyl halides is 2. The molecule has 0 saturated carbocycles. The predicted molar refractivity (Wildman–Crippen MR) is 80.2 cm³/mol. The Morgan fingerprint density at radius 2 is 1.11 bits per heavy atom. The van der Waals surface area contributed by atoms with E-state index in [4.69, 9.17) is 23.2 Å². The van der Waals surface area contributed by atoms with Crippen LogP contribution >= 0.6 is 29.3 Å². The molecular weight excluding hydrogens is 376 g/mol. The van der Waals surface area contributed by atoms with Crippen molar-refractivity contribution in [2.75, 3.05) is 0 Å². The van der Waals surface area contributed by atoms with Crippen molar-refractivity contribution in [3.8, 4) is 0 Å². The molecule has 4 heteroatoms. The van der Waals surface area contributed by atoms with Gasteiger partial charge in [0.15, 0.2) is 0 Å². The Morgan fingerprint density at radius 3 is 1.39 bits per heavy atom. The van der Waals surface area contributed by atoms with Crippen LogP contribution in [0.4, 0.5) is 0 Å². The molecule has 0 amide bonds. The molecule has 0 aliphatic carbocycles. The van der Waals surface area contributed by atoms with E-state index in [1.54, 1.807) is 6.92 Å². The summed E-state index contributed by atoms with van der Waals surface area (Å²) in [4.78, 5) is -0.222. The van der Waals surface area contributed by atoms with Gasteiger partial charge in [-0.25, -0.2) is 0 Å².